The first-order valence-electron chi connectivity index (χ1n) is 7.47. The molecule has 3 N–H and O–H groups in total. The Hall–Kier alpha value is -1.02. The fourth-order valence-electron chi connectivity index (χ4n) is 2.25. The van der Waals surface area contributed by atoms with E-state index in [1.165, 1.54) is 0 Å². The lowest BCUT2D eigenvalue weighted by Gasteiger charge is -2.28. The van der Waals surface area contributed by atoms with Gasteiger partial charge in [0.2, 0.25) is 5.91 Å². The topological polar surface area (TPSA) is 80.5 Å². The second-order valence-electron chi connectivity index (χ2n) is 5.28. The van der Waals surface area contributed by atoms with Gasteiger partial charge in [0.15, 0.2) is 0 Å². The number of nitrogens with zero attached hydrogens (tertiary/aromatic N) is 2. The van der Waals surface area contributed by atoms with Gasteiger partial charge in [0.25, 0.3) is 0 Å². The lowest BCUT2D eigenvalue weighted by atomic mass is 10.2. The van der Waals surface area contributed by atoms with Crippen LogP contribution in [-0.4, -0.2) is 55.2 Å². The van der Waals surface area contributed by atoms with Crippen LogP contribution in [-0.2, 0) is 9.53 Å². The molecule has 0 aliphatic carbocycles. The van der Waals surface area contributed by atoms with Crippen molar-refractivity contribution in [1.82, 2.24) is 4.98 Å². The third kappa shape index (κ3) is 5.84. The molecule has 23 heavy (non-hydrogen) atoms. The number of rotatable bonds is 6. The molecule has 1 aliphatic heterocycles. The molecule has 1 fully saturated rings. The number of nitrogens with two attached hydrogens (primary N) is 1. The number of hydrogen-bond donors (Lipinski definition) is 2. The minimum Gasteiger partial charge on any atom is -0.378 e. The van der Waals surface area contributed by atoms with Crippen LogP contribution in [0.5, 0.6) is 0 Å². The molecular formula is C15H25ClN4O2S. The molecule has 0 spiro atoms. The van der Waals surface area contributed by atoms with Gasteiger partial charge in [-0.15, -0.1) is 12.4 Å². The van der Waals surface area contributed by atoms with E-state index in [-0.39, 0.29) is 18.3 Å². The predicted molar refractivity (Wildman–Crippen MR) is 98.9 cm³/mol. The summed E-state index contributed by atoms with van der Waals surface area (Å²) in [5, 5.41) is 2.87. The molecular weight excluding hydrogens is 336 g/mol. The SMILES string of the molecule is CSCCC(N)C(=O)Nc1ccc(N2CCOCC2)nc1C.Cl. The Morgan fingerprint density at radius 3 is 2.78 bits per heavy atom. The number of nitrogens with one attached hydrogen (secondary N) is 1. The molecule has 1 saturated heterocycles. The summed E-state index contributed by atoms with van der Waals surface area (Å²) in [6.45, 7) is 5.04. The zero-order chi connectivity index (χ0) is 15.9. The molecule has 1 aromatic rings. The third-order valence-electron chi connectivity index (χ3n) is 3.63. The summed E-state index contributed by atoms with van der Waals surface area (Å²) in [4.78, 5) is 18.8. The summed E-state index contributed by atoms with van der Waals surface area (Å²) in [6, 6.07) is 3.35. The van der Waals surface area contributed by atoms with Crippen molar-refractivity contribution in [3.63, 3.8) is 0 Å². The number of anilines is 2. The molecule has 1 aliphatic rings. The van der Waals surface area contributed by atoms with Gasteiger partial charge in [-0.2, -0.15) is 11.8 Å². The second kappa shape index (κ2) is 9.97. The van der Waals surface area contributed by atoms with Gasteiger partial charge in [-0.25, -0.2) is 4.98 Å². The summed E-state index contributed by atoms with van der Waals surface area (Å²) in [7, 11) is 0. The van der Waals surface area contributed by atoms with E-state index in [0.29, 0.717) is 6.42 Å². The average molecular weight is 361 g/mol. The molecule has 0 radical (unpaired) electrons. The molecule has 8 heteroatoms. The summed E-state index contributed by atoms with van der Waals surface area (Å²) < 4.78 is 5.34. The molecule has 6 nitrogen and oxygen atoms in total. The summed E-state index contributed by atoms with van der Waals surface area (Å²) in [5.74, 6) is 1.64. The van der Waals surface area contributed by atoms with E-state index >= 15 is 0 Å². The van der Waals surface area contributed by atoms with Crippen molar-refractivity contribution >= 4 is 41.6 Å². The monoisotopic (exact) mass is 360 g/mol. The quantitative estimate of drug-likeness (QED) is 0.803. The van der Waals surface area contributed by atoms with Gasteiger partial charge >= 0.3 is 0 Å². The second-order valence-corrected chi connectivity index (χ2v) is 6.26. The average Bonchev–Trinajstić information content (AvgIpc) is 2.55. The Labute approximate surface area is 147 Å². The lowest BCUT2D eigenvalue weighted by molar-refractivity contribution is -0.117. The van der Waals surface area contributed by atoms with E-state index in [2.05, 4.69) is 15.2 Å². The van der Waals surface area contributed by atoms with Crippen molar-refractivity contribution in [1.29, 1.82) is 0 Å². The number of carbonyl (C=O) groups is 1. The van der Waals surface area contributed by atoms with Crippen LogP contribution in [0.25, 0.3) is 0 Å². The van der Waals surface area contributed by atoms with Gasteiger partial charge in [-0.1, -0.05) is 0 Å². The maximum Gasteiger partial charge on any atom is 0.241 e. The Morgan fingerprint density at radius 2 is 2.17 bits per heavy atom. The van der Waals surface area contributed by atoms with Crippen LogP contribution >= 0.6 is 24.2 Å². The van der Waals surface area contributed by atoms with Gasteiger partial charge in [-0.3, -0.25) is 4.79 Å². The first kappa shape index (κ1) is 20.0. The zero-order valence-electron chi connectivity index (χ0n) is 13.6. The van der Waals surface area contributed by atoms with Crippen molar-refractivity contribution in [2.45, 2.75) is 19.4 Å². The Bertz CT molecular complexity index is 512. The number of amides is 1. The van der Waals surface area contributed by atoms with Gasteiger partial charge in [-0.05, 0) is 37.5 Å². The van der Waals surface area contributed by atoms with Gasteiger partial charge in [0.05, 0.1) is 30.6 Å². The molecule has 1 amide bonds. The fourth-order valence-corrected chi connectivity index (χ4v) is 2.74. The third-order valence-corrected chi connectivity index (χ3v) is 4.28. The maximum absolute atomic E-state index is 12.1. The number of halogens is 1. The Morgan fingerprint density at radius 1 is 1.48 bits per heavy atom. The van der Waals surface area contributed by atoms with E-state index in [4.69, 9.17) is 10.5 Å². The number of carbonyl (C=O) groups excluding carboxylic acids is 1. The number of ether oxygens (including phenoxy) is 1. The first-order chi connectivity index (χ1) is 10.6. The summed E-state index contributed by atoms with van der Waals surface area (Å²) in [6.07, 6.45) is 2.67. The van der Waals surface area contributed by atoms with Crippen molar-refractivity contribution in [2.24, 2.45) is 5.73 Å². The lowest BCUT2D eigenvalue weighted by Crippen LogP contribution is -2.37. The van der Waals surface area contributed by atoms with Gasteiger partial charge in [0.1, 0.15) is 5.82 Å². The molecule has 2 heterocycles. The van der Waals surface area contributed by atoms with Crippen LogP contribution in [0.2, 0.25) is 0 Å². The van der Waals surface area contributed by atoms with Crippen LogP contribution in [0.1, 0.15) is 12.1 Å². The van der Waals surface area contributed by atoms with Crippen molar-refractivity contribution in [2.75, 3.05) is 48.5 Å². The standard InChI is InChI=1S/C15H24N4O2S.ClH/c1-11-13(18-15(20)12(16)5-10-22-2)3-4-14(17-11)19-6-8-21-9-7-19;/h3-4,12H,5-10,16H2,1-2H3,(H,18,20);1H. The van der Waals surface area contributed by atoms with Crippen LogP contribution in [0, 0.1) is 6.92 Å². The minimum absolute atomic E-state index is 0. The smallest absolute Gasteiger partial charge is 0.241 e. The normalized spacial score (nSPS) is 15.7. The van der Waals surface area contributed by atoms with E-state index in [9.17, 15) is 4.79 Å². The molecule has 0 aromatic carbocycles. The number of pyridine rings is 1. The maximum atomic E-state index is 12.1. The van der Waals surface area contributed by atoms with Crippen LogP contribution in [0.4, 0.5) is 11.5 Å². The zero-order valence-corrected chi connectivity index (χ0v) is 15.2. The number of aromatic nitrogens is 1. The van der Waals surface area contributed by atoms with Crippen LogP contribution in [0.3, 0.4) is 0 Å². The number of hydrogen-bond acceptors (Lipinski definition) is 6. The van der Waals surface area contributed by atoms with Crippen molar-refractivity contribution in [3.8, 4) is 0 Å². The van der Waals surface area contributed by atoms with Crippen LogP contribution < -0.4 is 16.0 Å². The summed E-state index contributed by atoms with van der Waals surface area (Å²) >= 11 is 1.69. The van der Waals surface area contributed by atoms with Crippen LogP contribution in [0.15, 0.2) is 12.1 Å². The highest BCUT2D eigenvalue weighted by molar-refractivity contribution is 7.98. The molecule has 1 unspecified atom stereocenters. The first-order valence-corrected chi connectivity index (χ1v) is 8.87. The number of morpholine rings is 1. The van der Waals surface area contributed by atoms with E-state index < -0.39 is 6.04 Å². The largest absolute Gasteiger partial charge is 0.378 e. The highest BCUT2D eigenvalue weighted by Crippen LogP contribution is 2.19. The van der Waals surface area contributed by atoms with E-state index in [1.54, 1.807) is 11.8 Å². The van der Waals surface area contributed by atoms with E-state index in [0.717, 1.165) is 49.3 Å². The molecule has 1 atom stereocenters. The van der Waals surface area contributed by atoms with Crippen molar-refractivity contribution in [3.05, 3.63) is 17.8 Å². The van der Waals surface area contributed by atoms with Gasteiger partial charge in [0, 0.05) is 13.1 Å². The highest BCUT2D eigenvalue weighted by Gasteiger charge is 2.16. The van der Waals surface area contributed by atoms with E-state index in [1.807, 2.05) is 25.3 Å². The molecule has 1 aromatic heterocycles. The highest BCUT2D eigenvalue weighted by atomic mass is 35.5. The molecule has 0 saturated carbocycles. The Balaban J connectivity index is 0.00000264. The summed E-state index contributed by atoms with van der Waals surface area (Å²) in [5.41, 5.74) is 7.40. The Kier molecular flexibility index (Phi) is 8.68. The molecule has 0 bridgehead atoms. The number of aryl methyl sites for hydroxylation is 1. The predicted octanol–water partition coefficient (Wildman–Crippen LogP) is 1.67. The van der Waals surface area contributed by atoms with Gasteiger partial charge < -0.3 is 20.7 Å². The molecule has 2 rings (SSSR count). The fraction of sp³-hybridized carbons (Fsp3) is 0.600. The van der Waals surface area contributed by atoms with Crippen molar-refractivity contribution < 1.29 is 9.53 Å². The number of thioether (sulfide) groups is 1. The molecule has 130 valence electrons. The minimum atomic E-state index is -0.481.